The zero-order valence-electron chi connectivity index (χ0n) is 12.1. The summed E-state index contributed by atoms with van der Waals surface area (Å²) in [4.78, 5) is 22.2. The number of nitrogens with one attached hydrogen (secondary N) is 1. The summed E-state index contributed by atoms with van der Waals surface area (Å²) in [5.74, 6) is -3.01. The van der Waals surface area contributed by atoms with E-state index in [2.05, 4.69) is 5.32 Å². The monoisotopic (exact) mass is 285 g/mol. The molecule has 0 radical (unpaired) electrons. The highest BCUT2D eigenvalue weighted by Crippen LogP contribution is 2.31. The van der Waals surface area contributed by atoms with Gasteiger partial charge in [-0.2, -0.15) is 0 Å². The lowest BCUT2D eigenvalue weighted by Gasteiger charge is -2.36. The molecule has 0 fully saturated rings. The fourth-order valence-corrected chi connectivity index (χ4v) is 1.99. The molecule has 2 unspecified atom stereocenters. The van der Waals surface area contributed by atoms with Crippen LogP contribution in [0.5, 0.6) is 0 Å². The van der Waals surface area contributed by atoms with Crippen LogP contribution in [0, 0.1) is 5.92 Å². The number of carboxylic acids is 2. The Morgan fingerprint density at radius 2 is 1.90 bits per heavy atom. The van der Waals surface area contributed by atoms with Crippen molar-refractivity contribution in [2.45, 2.75) is 32.7 Å². The van der Waals surface area contributed by atoms with E-state index in [1.807, 2.05) is 13.8 Å². The van der Waals surface area contributed by atoms with Crippen LogP contribution in [0.2, 0.25) is 0 Å². The number of allylic oxidation sites excluding steroid dienone is 2. The molecule has 114 valence electrons. The van der Waals surface area contributed by atoms with Crippen molar-refractivity contribution >= 4 is 11.9 Å². The summed E-state index contributed by atoms with van der Waals surface area (Å²) in [5.41, 5.74) is -0.995. The highest BCUT2D eigenvalue weighted by molar-refractivity contribution is 5.92. The third kappa shape index (κ3) is 4.47. The molecule has 0 aromatic carbocycles. The number of hydrogen-bond donors (Lipinski definition) is 4. The van der Waals surface area contributed by atoms with E-state index in [1.54, 1.807) is 6.92 Å². The number of carboxylic acid groups (broad SMARTS) is 2. The molecular weight excluding hydrogens is 262 g/mol. The smallest absolute Gasteiger partial charge is 0.333 e. The van der Waals surface area contributed by atoms with Crippen molar-refractivity contribution in [1.29, 1.82) is 0 Å². The van der Waals surface area contributed by atoms with E-state index in [4.69, 9.17) is 15.3 Å². The molecule has 0 bridgehead atoms. The van der Waals surface area contributed by atoms with Gasteiger partial charge >= 0.3 is 11.9 Å². The predicted molar refractivity (Wildman–Crippen MR) is 75.4 cm³/mol. The molecule has 20 heavy (non-hydrogen) atoms. The van der Waals surface area contributed by atoms with E-state index in [-0.39, 0.29) is 5.57 Å². The summed E-state index contributed by atoms with van der Waals surface area (Å²) in [7, 11) is 0. The van der Waals surface area contributed by atoms with Gasteiger partial charge in [0.05, 0.1) is 17.0 Å². The number of aliphatic hydroxyl groups is 1. The van der Waals surface area contributed by atoms with Gasteiger partial charge in [0.25, 0.3) is 0 Å². The second-order valence-corrected chi connectivity index (χ2v) is 4.54. The van der Waals surface area contributed by atoms with Crippen LogP contribution >= 0.6 is 0 Å². The first-order chi connectivity index (χ1) is 9.34. The van der Waals surface area contributed by atoms with E-state index >= 15 is 0 Å². The first-order valence-electron chi connectivity index (χ1n) is 6.56. The third-order valence-corrected chi connectivity index (χ3v) is 3.01. The van der Waals surface area contributed by atoms with Crippen molar-refractivity contribution in [1.82, 2.24) is 5.32 Å². The van der Waals surface area contributed by atoms with Crippen LogP contribution in [0.4, 0.5) is 0 Å². The summed E-state index contributed by atoms with van der Waals surface area (Å²) in [6.07, 6.45) is 5.28. The van der Waals surface area contributed by atoms with Gasteiger partial charge in [0, 0.05) is 6.61 Å². The Bertz CT molecular complexity index is 400. The van der Waals surface area contributed by atoms with Crippen molar-refractivity contribution in [3.63, 3.8) is 0 Å². The first-order valence-corrected chi connectivity index (χ1v) is 6.56. The Hall–Kier alpha value is -1.66. The molecule has 0 amide bonds. The van der Waals surface area contributed by atoms with Crippen LogP contribution in [0.1, 0.15) is 27.2 Å². The standard InChI is InChI=1S/C11H15NO4.C3H8O/c1-3-12-11(2)7(9(13)14)5-4-6-8(11)10(15)16;1-2-3-4/h4-7,12H,3H2,1-2H3,(H,13,14)(H,15,16);4H,2-3H2,1H3. The van der Waals surface area contributed by atoms with E-state index in [1.165, 1.54) is 18.2 Å². The molecule has 6 nitrogen and oxygen atoms in total. The van der Waals surface area contributed by atoms with Crippen LogP contribution in [0.3, 0.4) is 0 Å². The Labute approximate surface area is 118 Å². The first kappa shape index (κ1) is 18.3. The topological polar surface area (TPSA) is 107 Å². The second-order valence-electron chi connectivity index (χ2n) is 4.54. The molecule has 0 aromatic heterocycles. The molecule has 4 N–H and O–H groups in total. The molecule has 1 aliphatic carbocycles. The van der Waals surface area contributed by atoms with Crippen LogP contribution in [-0.4, -0.2) is 45.9 Å². The minimum atomic E-state index is -1.10. The summed E-state index contributed by atoms with van der Waals surface area (Å²) in [6.45, 7) is 6.15. The molecule has 1 rings (SSSR count). The number of aliphatic hydroxyl groups excluding tert-OH is 1. The van der Waals surface area contributed by atoms with Crippen molar-refractivity contribution < 1.29 is 24.9 Å². The van der Waals surface area contributed by atoms with Gasteiger partial charge in [-0.25, -0.2) is 4.79 Å². The van der Waals surface area contributed by atoms with Gasteiger partial charge in [0.15, 0.2) is 0 Å². The quantitative estimate of drug-likeness (QED) is 0.601. The highest BCUT2D eigenvalue weighted by Gasteiger charge is 2.44. The lowest BCUT2D eigenvalue weighted by molar-refractivity contribution is -0.142. The number of aliphatic carboxylic acids is 2. The molecule has 0 spiro atoms. The number of likely N-dealkylation sites (N-methyl/N-ethyl adjacent to an activating group) is 1. The van der Waals surface area contributed by atoms with Crippen LogP contribution in [0.25, 0.3) is 0 Å². The third-order valence-electron chi connectivity index (χ3n) is 3.01. The summed E-state index contributed by atoms with van der Waals surface area (Å²) in [5, 5.41) is 29.0. The molecule has 6 heteroatoms. The van der Waals surface area contributed by atoms with Gasteiger partial charge in [-0.1, -0.05) is 32.1 Å². The average Bonchev–Trinajstić information content (AvgIpc) is 2.38. The summed E-state index contributed by atoms with van der Waals surface area (Å²) >= 11 is 0. The van der Waals surface area contributed by atoms with Gasteiger partial charge in [-0.3, -0.25) is 4.79 Å². The fraction of sp³-hybridized carbons (Fsp3) is 0.571. The second kappa shape index (κ2) is 8.50. The maximum Gasteiger partial charge on any atom is 0.333 e. The van der Waals surface area contributed by atoms with Gasteiger partial charge < -0.3 is 20.6 Å². The number of rotatable bonds is 5. The largest absolute Gasteiger partial charge is 0.481 e. The molecule has 2 atom stereocenters. The predicted octanol–water partition coefficient (Wildman–Crippen LogP) is 1.02. The zero-order valence-corrected chi connectivity index (χ0v) is 12.1. The maximum atomic E-state index is 11.1. The van der Waals surface area contributed by atoms with E-state index in [0.29, 0.717) is 13.2 Å². The van der Waals surface area contributed by atoms with Crippen molar-refractivity contribution in [3.8, 4) is 0 Å². The van der Waals surface area contributed by atoms with Crippen molar-refractivity contribution in [3.05, 3.63) is 23.8 Å². The summed E-state index contributed by atoms with van der Waals surface area (Å²) < 4.78 is 0. The van der Waals surface area contributed by atoms with Crippen molar-refractivity contribution in [2.24, 2.45) is 5.92 Å². The summed E-state index contributed by atoms with van der Waals surface area (Å²) in [6, 6.07) is 0. The fourth-order valence-electron chi connectivity index (χ4n) is 1.99. The van der Waals surface area contributed by atoms with Crippen molar-refractivity contribution in [2.75, 3.05) is 13.2 Å². The molecule has 0 saturated carbocycles. The average molecular weight is 285 g/mol. The Balaban J connectivity index is 0.000000796. The molecular formula is C14H23NO5. The SMILES string of the molecule is CCCO.CCNC1(C)C(C(=O)O)=CC=CC1C(=O)O. The Morgan fingerprint density at radius 3 is 2.25 bits per heavy atom. The Kier molecular flexibility index (Phi) is 7.79. The van der Waals surface area contributed by atoms with E-state index in [9.17, 15) is 9.59 Å². The molecule has 1 aliphatic rings. The molecule has 0 aromatic rings. The van der Waals surface area contributed by atoms with E-state index < -0.39 is 23.4 Å². The maximum absolute atomic E-state index is 11.1. The normalized spacial score (nSPS) is 24.4. The highest BCUT2D eigenvalue weighted by atomic mass is 16.4. The Morgan fingerprint density at radius 1 is 1.35 bits per heavy atom. The van der Waals surface area contributed by atoms with Gasteiger partial charge in [-0.15, -0.1) is 0 Å². The minimum Gasteiger partial charge on any atom is -0.481 e. The van der Waals surface area contributed by atoms with Gasteiger partial charge in [0.2, 0.25) is 0 Å². The van der Waals surface area contributed by atoms with Crippen LogP contribution in [-0.2, 0) is 9.59 Å². The lowest BCUT2D eigenvalue weighted by Crippen LogP contribution is -2.54. The molecule has 0 aliphatic heterocycles. The van der Waals surface area contributed by atoms with Crippen LogP contribution < -0.4 is 5.32 Å². The molecule has 0 saturated heterocycles. The van der Waals surface area contributed by atoms with Gasteiger partial charge in [-0.05, 0) is 19.9 Å². The number of carbonyl (C=O) groups is 2. The van der Waals surface area contributed by atoms with E-state index in [0.717, 1.165) is 6.42 Å². The van der Waals surface area contributed by atoms with Gasteiger partial charge in [0.1, 0.15) is 0 Å². The molecule has 0 heterocycles. The minimum absolute atomic E-state index is 0.0734. The lowest BCUT2D eigenvalue weighted by atomic mass is 9.76. The zero-order chi connectivity index (χ0) is 15.8. The number of hydrogen-bond acceptors (Lipinski definition) is 4. The van der Waals surface area contributed by atoms with Crippen LogP contribution in [0.15, 0.2) is 23.8 Å².